The largest absolute Gasteiger partial charge is 0.370 e. The lowest BCUT2D eigenvalue weighted by Crippen LogP contribution is -2.25. The third kappa shape index (κ3) is 3.54. The number of nitrogens with one attached hydrogen (secondary N) is 2. The summed E-state index contributed by atoms with van der Waals surface area (Å²) < 4.78 is 0. The maximum Gasteiger partial charge on any atom is 0.290 e. The van der Waals surface area contributed by atoms with E-state index in [-0.39, 0.29) is 17.6 Å². The van der Waals surface area contributed by atoms with E-state index >= 15 is 0 Å². The average Bonchev–Trinajstić information content (AvgIpc) is 3.06. The smallest absolute Gasteiger partial charge is 0.290 e. The van der Waals surface area contributed by atoms with E-state index in [1.165, 1.54) is 0 Å². The van der Waals surface area contributed by atoms with Gasteiger partial charge in [0.2, 0.25) is 11.7 Å². The number of H-pyrrole nitrogens is 1. The Bertz CT molecular complexity index is 438. The van der Waals surface area contributed by atoms with Crippen molar-refractivity contribution in [3.05, 3.63) is 11.6 Å². The number of hydrogen-bond donors (Lipinski definition) is 3. The van der Waals surface area contributed by atoms with E-state index < -0.39 is 0 Å². The highest BCUT2D eigenvalue weighted by Crippen LogP contribution is 2.37. The summed E-state index contributed by atoms with van der Waals surface area (Å²) in [6.07, 6.45) is 3.97. The Morgan fingerprint density at radius 2 is 2.17 bits per heavy atom. The number of amides is 2. The third-order valence-corrected chi connectivity index (χ3v) is 2.81. The van der Waals surface area contributed by atoms with Gasteiger partial charge in [0.1, 0.15) is 5.82 Å². The van der Waals surface area contributed by atoms with E-state index in [1.54, 1.807) is 0 Å². The first-order chi connectivity index (χ1) is 8.66. The molecular formula is C11H17N5O2. The van der Waals surface area contributed by atoms with Crippen LogP contribution in [0.4, 0.5) is 0 Å². The summed E-state index contributed by atoms with van der Waals surface area (Å²) in [5.74, 6) is 0.844. The zero-order valence-corrected chi connectivity index (χ0v) is 10.1. The minimum Gasteiger partial charge on any atom is -0.370 e. The summed E-state index contributed by atoms with van der Waals surface area (Å²) in [4.78, 5) is 26.3. The maximum atomic E-state index is 11.7. The molecule has 4 N–H and O–H groups in total. The molecular weight excluding hydrogens is 234 g/mol. The van der Waals surface area contributed by atoms with Gasteiger partial charge in [-0.05, 0) is 25.7 Å². The second-order valence-electron chi connectivity index (χ2n) is 4.50. The molecule has 1 aliphatic carbocycles. The molecule has 0 unspecified atom stereocenters. The van der Waals surface area contributed by atoms with Crippen molar-refractivity contribution in [1.29, 1.82) is 0 Å². The van der Waals surface area contributed by atoms with Crippen LogP contribution in [0.15, 0.2) is 0 Å². The summed E-state index contributed by atoms with van der Waals surface area (Å²) in [6.45, 7) is 0.499. The van der Waals surface area contributed by atoms with Crippen LogP contribution in [0.1, 0.15) is 54.5 Å². The van der Waals surface area contributed by atoms with Gasteiger partial charge in [-0.1, -0.05) is 0 Å². The van der Waals surface area contributed by atoms with Crippen LogP contribution < -0.4 is 11.1 Å². The molecule has 0 atom stereocenters. The van der Waals surface area contributed by atoms with Crippen LogP contribution in [0.25, 0.3) is 0 Å². The second-order valence-corrected chi connectivity index (χ2v) is 4.50. The van der Waals surface area contributed by atoms with E-state index in [0.717, 1.165) is 18.7 Å². The van der Waals surface area contributed by atoms with Crippen molar-refractivity contribution >= 4 is 11.8 Å². The molecule has 0 spiro atoms. The first-order valence-corrected chi connectivity index (χ1v) is 6.15. The van der Waals surface area contributed by atoms with Crippen LogP contribution in [-0.2, 0) is 4.79 Å². The van der Waals surface area contributed by atoms with Crippen molar-refractivity contribution in [2.45, 2.75) is 38.0 Å². The van der Waals surface area contributed by atoms with Crippen molar-refractivity contribution in [2.24, 2.45) is 5.73 Å². The summed E-state index contributed by atoms with van der Waals surface area (Å²) in [5, 5.41) is 9.37. The fourth-order valence-electron chi connectivity index (χ4n) is 1.62. The highest BCUT2D eigenvalue weighted by molar-refractivity contribution is 5.90. The fourth-order valence-corrected chi connectivity index (χ4v) is 1.62. The Kier molecular flexibility index (Phi) is 3.91. The number of unbranched alkanes of at least 4 members (excludes halogenated alkanes) is 1. The molecule has 1 aliphatic rings. The molecule has 2 rings (SSSR count). The molecule has 7 nitrogen and oxygen atoms in total. The molecule has 98 valence electrons. The van der Waals surface area contributed by atoms with Gasteiger partial charge in [-0.3, -0.25) is 14.7 Å². The molecule has 0 aliphatic heterocycles. The van der Waals surface area contributed by atoms with Crippen molar-refractivity contribution in [3.63, 3.8) is 0 Å². The zero-order valence-electron chi connectivity index (χ0n) is 10.1. The summed E-state index contributed by atoms with van der Waals surface area (Å²) in [7, 11) is 0. The first-order valence-electron chi connectivity index (χ1n) is 6.15. The van der Waals surface area contributed by atoms with E-state index in [4.69, 9.17) is 5.73 Å². The summed E-state index contributed by atoms with van der Waals surface area (Å²) in [6, 6.07) is 0. The normalized spacial score (nSPS) is 14.4. The van der Waals surface area contributed by atoms with Crippen molar-refractivity contribution < 1.29 is 9.59 Å². The number of aromatic amines is 1. The van der Waals surface area contributed by atoms with Crippen molar-refractivity contribution in [3.8, 4) is 0 Å². The molecule has 1 aromatic rings. The number of carbonyl (C=O) groups excluding carboxylic acids is 2. The highest BCUT2D eigenvalue weighted by Gasteiger charge is 2.28. The Balaban J connectivity index is 1.68. The van der Waals surface area contributed by atoms with Crippen LogP contribution >= 0.6 is 0 Å². The second kappa shape index (κ2) is 5.61. The van der Waals surface area contributed by atoms with Crippen molar-refractivity contribution in [1.82, 2.24) is 20.5 Å². The molecule has 0 aromatic carbocycles. The van der Waals surface area contributed by atoms with Crippen molar-refractivity contribution in [2.75, 3.05) is 6.54 Å². The standard InChI is InChI=1S/C11H17N5O2/c12-8(17)3-1-2-6-13-11(18)10-14-9(15-16-10)7-4-5-7/h7H,1-6H2,(H2,12,17)(H,13,18)(H,14,15,16). The van der Waals surface area contributed by atoms with Crippen LogP contribution in [0, 0.1) is 0 Å². The minimum atomic E-state index is -0.315. The number of aromatic nitrogens is 3. The quantitative estimate of drug-likeness (QED) is 0.595. The number of nitrogens with two attached hydrogens (primary N) is 1. The van der Waals surface area contributed by atoms with Crippen LogP contribution in [0.5, 0.6) is 0 Å². The van der Waals surface area contributed by atoms with Gasteiger partial charge in [0.05, 0.1) is 0 Å². The number of carbonyl (C=O) groups is 2. The molecule has 1 aromatic heterocycles. The van der Waals surface area contributed by atoms with Gasteiger partial charge in [-0.15, -0.1) is 5.10 Å². The highest BCUT2D eigenvalue weighted by atomic mass is 16.2. The molecule has 0 bridgehead atoms. The van der Waals surface area contributed by atoms with Crippen LogP contribution in [0.3, 0.4) is 0 Å². The van der Waals surface area contributed by atoms with Gasteiger partial charge in [-0.2, -0.15) is 0 Å². The predicted molar refractivity (Wildman–Crippen MR) is 63.7 cm³/mol. The van der Waals surface area contributed by atoms with E-state index in [9.17, 15) is 9.59 Å². The maximum absolute atomic E-state index is 11.7. The Morgan fingerprint density at radius 1 is 1.39 bits per heavy atom. The lowest BCUT2D eigenvalue weighted by molar-refractivity contribution is -0.118. The minimum absolute atomic E-state index is 0.187. The zero-order chi connectivity index (χ0) is 13.0. The number of hydrogen-bond acceptors (Lipinski definition) is 4. The van der Waals surface area contributed by atoms with E-state index in [2.05, 4.69) is 20.5 Å². The number of nitrogens with zero attached hydrogens (tertiary/aromatic N) is 2. The van der Waals surface area contributed by atoms with Gasteiger partial charge in [0.25, 0.3) is 5.91 Å². The molecule has 7 heteroatoms. The fraction of sp³-hybridized carbons (Fsp3) is 0.636. The molecule has 1 heterocycles. The van der Waals surface area contributed by atoms with Crippen LogP contribution in [-0.4, -0.2) is 33.5 Å². The van der Waals surface area contributed by atoms with E-state index in [1.807, 2.05) is 0 Å². The van der Waals surface area contributed by atoms with Gasteiger partial charge in [0, 0.05) is 18.9 Å². The van der Waals surface area contributed by atoms with Gasteiger partial charge >= 0.3 is 0 Å². The topological polar surface area (TPSA) is 114 Å². The molecule has 0 radical (unpaired) electrons. The molecule has 1 fully saturated rings. The number of primary amides is 1. The number of rotatable bonds is 7. The SMILES string of the molecule is NC(=O)CCCCNC(=O)c1n[nH]c(C2CC2)n1. The molecule has 0 saturated heterocycles. The summed E-state index contributed by atoms with van der Waals surface area (Å²) >= 11 is 0. The predicted octanol–water partition coefficient (Wildman–Crippen LogP) is 0.0675. The lowest BCUT2D eigenvalue weighted by atomic mass is 10.2. The summed E-state index contributed by atoms with van der Waals surface area (Å²) in [5.41, 5.74) is 5.01. The monoisotopic (exact) mass is 251 g/mol. The third-order valence-electron chi connectivity index (χ3n) is 2.81. The van der Waals surface area contributed by atoms with Gasteiger partial charge < -0.3 is 11.1 Å². The average molecular weight is 251 g/mol. The molecule has 1 saturated carbocycles. The van der Waals surface area contributed by atoms with Gasteiger partial charge in [0.15, 0.2) is 0 Å². The van der Waals surface area contributed by atoms with E-state index in [0.29, 0.717) is 31.7 Å². The Morgan fingerprint density at radius 3 is 2.83 bits per heavy atom. The first kappa shape index (κ1) is 12.5. The lowest BCUT2D eigenvalue weighted by Gasteiger charge is -2.01. The molecule has 2 amide bonds. The van der Waals surface area contributed by atoms with Gasteiger partial charge in [-0.25, -0.2) is 4.98 Å². The molecule has 18 heavy (non-hydrogen) atoms. The Labute approximate surface area is 105 Å². The Hall–Kier alpha value is -1.92. The van der Waals surface area contributed by atoms with Crippen LogP contribution in [0.2, 0.25) is 0 Å².